The van der Waals surface area contributed by atoms with Crippen LogP contribution in [0.5, 0.6) is 11.5 Å². The third-order valence-corrected chi connectivity index (χ3v) is 2.85. The highest BCUT2D eigenvalue weighted by molar-refractivity contribution is 6.17. The van der Waals surface area contributed by atoms with Crippen molar-refractivity contribution in [2.45, 2.75) is 5.88 Å². The first-order chi connectivity index (χ1) is 7.78. The molecule has 1 N–H and O–H groups in total. The Bertz CT molecular complexity index is 620. The Morgan fingerprint density at radius 1 is 1.25 bits per heavy atom. The van der Waals surface area contributed by atoms with E-state index in [9.17, 15) is 4.79 Å². The molecular formula is C11H8ClNO3. The number of hydrogen-bond acceptors (Lipinski definition) is 3. The smallest absolute Gasteiger partial charge is 0.252 e. The third-order valence-electron chi connectivity index (χ3n) is 2.56. The summed E-state index contributed by atoms with van der Waals surface area (Å²) in [6.07, 6.45) is 0. The summed E-state index contributed by atoms with van der Waals surface area (Å²) in [5, 5.41) is 0.888. The number of H-pyrrole nitrogens is 1. The molecule has 4 nitrogen and oxygen atoms in total. The standard InChI is InChI=1S/C11H8ClNO3/c12-4-7-1-6-2-9-10(16-5-15-9)3-8(6)13-11(7)14/h1-3H,4-5H2,(H,13,14). The van der Waals surface area contributed by atoms with Crippen molar-refractivity contribution < 1.29 is 9.47 Å². The lowest BCUT2D eigenvalue weighted by Crippen LogP contribution is -2.10. The Labute approximate surface area is 95.7 Å². The molecule has 0 saturated carbocycles. The summed E-state index contributed by atoms with van der Waals surface area (Å²) < 4.78 is 10.5. The number of aromatic amines is 1. The first-order valence-electron chi connectivity index (χ1n) is 4.79. The molecule has 1 aliphatic heterocycles. The fraction of sp³-hybridized carbons (Fsp3) is 0.182. The minimum Gasteiger partial charge on any atom is -0.454 e. The van der Waals surface area contributed by atoms with Crippen LogP contribution in [0, 0.1) is 0 Å². The quantitative estimate of drug-likeness (QED) is 0.772. The summed E-state index contributed by atoms with van der Waals surface area (Å²) in [5.74, 6) is 1.54. The van der Waals surface area contributed by atoms with Gasteiger partial charge in [0.2, 0.25) is 6.79 Å². The highest BCUT2D eigenvalue weighted by atomic mass is 35.5. The molecule has 1 aliphatic rings. The summed E-state index contributed by atoms with van der Waals surface area (Å²) >= 11 is 5.67. The van der Waals surface area contributed by atoms with E-state index in [-0.39, 0.29) is 18.2 Å². The highest BCUT2D eigenvalue weighted by Crippen LogP contribution is 2.35. The van der Waals surface area contributed by atoms with E-state index in [0.29, 0.717) is 17.1 Å². The van der Waals surface area contributed by atoms with Crippen LogP contribution >= 0.6 is 11.6 Å². The van der Waals surface area contributed by atoms with Crippen molar-refractivity contribution in [1.82, 2.24) is 4.98 Å². The average Bonchev–Trinajstić information content (AvgIpc) is 2.72. The second-order valence-electron chi connectivity index (χ2n) is 3.55. The zero-order chi connectivity index (χ0) is 11.1. The minimum absolute atomic E-state index is 0.165. The molecule has 0 saturated heterocycles. The van der Waals surface area contributed by atoms with Gasteiger partial charge in [-0.3, -0.25) is 4.79 Å². The van der Waals surface area contributed by atoms with Crippen LogP contribution in [-0.4, -0.2) is 11.8 Å². The van der Waals surface area contributed by atoms with E-state index in [1.807, 2.05) is 6.07 Å². The number of hydrogen-bond donors (Lipinski definition) is 1. The van der Waals surface area contributed by atoms with E-state index in [1.54, 1.807) is 12.1 Å². The molecule has 1 aromatic heterocycles. The minimum atomic E-state index is -0.165. The van der Waals surface area contributed by atoms with Crippen molar-refractivity contribution in [2.75, 3.05) is 6.79 Å². The van der Waals surface area contributed by atoms with Crippen molar-refractivity contribution in [3.05, 3.63) is 34.1 Å². The van der Waals surface area contributed by atoms with Crippen LogP contribution in [0.2, 0.25) is 0 Å². The van der Waals surface area contributed by atoms with Gasteiger partial charge in [-0.15, -0.1) is 11.6 Å². The van der Waals surface area contributed by atoms with Gasteiger partial charge in [0, 0.05) is 17.0 Å². The van der Waals surface area contributed by atoms with Crippen LogP contribution in [0.25, 0.3) is 10.9 Å². The molecule has 1 aromatic carbocycles. The summed E-state index contributed by atoms with van der Waals surface area (Å²) in [6.45, 7) is 0.220. The maximum absolute atomic E-state index is 11.6. The van der Waals surface area contributed by atoms with Crippen LogP contribution in [-0.2, 0) is 5.88 Å². The SMILES string of the molecule is O=c1[nH]c2cc3c(cc2cc1CCl)OCO3. The van der Waals surface area contributed by atoms with Gasteiger partial charge >= 0.3 is 0 Å². The lowest BCUT2D eigenvalue weighted by atomic mass is 10.1. The van der Waals surface area contributed by atoms with Gasteiger partial charge in [-0.05, 0) is 12.1 Å². The van der Waals surface area contributed by atoms with Gasteiger partial charge in [-0.1, -0.05) is 0 Å². The Hall–Kier alpha value is -1.68. The second kappa shape index (κ2) is 3.42. The highest BCUT2D eigenvalue weighted by Gasteiger charge is 2.14. The fourth-order valence-corrected chi connectivity index (χ4v) is 1.94. The van der Waals surface area contributed by atoms with Crippen molar-refractivity contribution in [3.63, 3.8) is 0 Å². The summed E-state index contributed by atoms with van der Waals surface area (Å²) in [6, 6.07) is 5.36. The van der Waals surface area contributed by atoms with Crippen LogP contribution in [0.1, 0.15) is 5.56 Å². The Kier molecular flexibility index (Phi) is 2.04. The number of halogens is 1. The van der Waals surface area contributed by atoms with Gasteiger partial charge in [0.1, 0.15) is 0 Å². The van der Waals surface area contributed by atoms with Crippen molar-refractivity contribution in [2.24, 2.45) is 0 Å². The molecule has 0 bridgehead atoms. The largest absolute Gasteiger partial charge is 0.454 e. The summed E-state index contributed by atoms with van der Waals surface area (Å²) in [4.78, 5) is 14.3. The van der Waals surface area contributed by atoms with E-state index in [1.165, 1.54) is 0 Å². The van der Waals surface area contributed by atoms with Crippen LogP contribution in [0.15, 0.2) is 23.0 Å². The Balaban J connectivity index is 2.32. The zero-order valence-electron chi connectivity index (χ0n) is 8.25. The van der Waals surface area contributed by atoms with E-state index in [0.717, 1.165) is 10.9 Å². The molecule has 2 aromatic rings. The first kappa shape index (κ1) is 9.54. The number of aromatic nitrogens is 1. The van der Waals surface area contributed by atoms with Crippen LogP contribution in [0.3, 0.4) is 0 Å². The predicted molar refractivity (Wildman–Crippen MR) is 60.2 cm³/mol. The number of pyridine rings is 1. The monoisotopic (exact) mass is 237 g/mol. The molecule has 0 atom stereocenters. The molecule has 0 aliphatic carbocycles. The zero-order valence-corrected chi connectivity index (χ0v) is 9.00. The van der Waals surface area contributed by atoms with Gasteiger partial charge in [-0.2, -0.15) is 0 Å². The summed E-state index contributed by atoms with van der Waals surface area (Å²) in [5.41, 5.74) is 1.11. The predicted octanol–water partition coefficient (Wildman–Crippen LogP) is 2.00. The van der Waals surface area contributed by atoms with Crippen LogP contribution in [0.4, 0.5) is 0 Å². The van der Waals surface area contributed by atoms with Crippen LogP contribution < -0.4 is 15.0 Å². The molecule has 0 amide bonds. The fourth-order valence-electron chi connectivity index (χ4n) is 1.74. The topological polar surface area (TPSA) is 51.3 Å². The number of benzene rings is 1. The molecule has 16 heavy (non-hydrogen) atoms. The first-order valence-corrected chi connectivity index (χ1v) is 5.33. The van der Waals surface area contributed by atoms with Crippen molar-refractivity contribution in [3.8, 4) is 11.5 Å². The average molecular weight is 238 g/mol. The third kappa shape index (κ3) is 1.34. The number of rotatable bonds is 1. The maximum Gasteiger partial charge on any atom is 0.252 e. The number of nitrogens with one attached hydrogen (secondary N) is 1. The van der Waals surface area contributed by atoms with E-state index >= 15 is 0 Å². The Morgan fingerprint density at radius 2 is 2.00 bits per heavy atom. The Morgan fingerprint density at radius 3 is 2.75 bits per heavy atom. The number of ether oxygens (including phenoxy) is 2. The maximum atomic E-state index is 11.6. The van der Waals surface area contributed by atoms with Gasteiger partial charge < -0.3 is 14.5 Å². The van der Waals surface area contributed by atoms with Crippen molar-refractivity contribution in [1.29, 1.82) is 0 Å². The number of alkyl halides is 1. The van der Waals surface area contributed by atoms with Gasteiger partial charge in [0.25, 0.3) is 5.56 Å². The molecule has 0 unspecified atom stereocenters. The lowest BCUT2D eigenvalue weighted by molar-refractivity contribution is 0.174. The van der Waals surface area contributed by atoms with E-state index in [2.05, 4.69) is 4.98 Å². The number of fused-ring (bicyclic) bond motifs is 2. The molecule has 0 spiro atoms. The second-order valence-corrected chi connectivity index (χ2v) is 3.82. The molecule has 0 radical (unpaired) electrons. The van der Waals surface area contributed by atoms with Gasteiger partial charge in [-0.25, -0.2) is 0 Å². The van der Waals surface area contributed by atoms with E-state index in [4.69, 9.17) is 21.1 Å². The van der Waals surface area contributed by atoms with Crippen molar-refractivity contribution >= 4 is 22.5 Å². The summed E-state index contributed by atoms with van der Waals surface area (Å²) in [7, 11) is 0. The molecule has 2 heterocycles. The van der Waals surface area contributed by atoms with Gasteiger partial charge in [0.15, 0.2) is 11.5 Å². The normalized spacial score (nSPS) is 13.3. The molecule has 5 heteroatoms. The van der Waals surface area contributed by atoms with E-state index < -0.39 is 0 Å². The molecule has 3 rings (SSSR count). The molecule has 0 fully saturated rings. The lowest BCUT2D eigenvalue weighted by Gasteiger charge is -2.02. The molecular weight excluding hydrogens is 230 g/mol. The molecule has 82 valence electrons. The van der Waals surface area contributed by atoms with Gasteiger partial charge in [0.05, 0.1) is 11.4 Å².